The predicted molar refractivity (Wildman–Crippen MR) is 86.2 cm³/mol. The molecule has 0 unspecified atom stereocenters. The highest BCUT2D eigenvalue weighted by atomic mass is 16.4. The molecule has 1 atom stereocenters. The van der Waals surface area contributed by atoms with Gasteiger partial charge in [-0.1, -0.05) is 17.7 Å². The second-order valence-corrected chi connectivity index (χ2v) is 5.78. The van der Waals surface area contributed by atoms with Gasteiger partial charge in [-0.3, -0.25) is 4.79 Å². The number of aromatic amines is 1. The molecule has 0 aliphatic rings. The lowest BCUT2D eigenvalue weighted by Gasteiger charge is -2.15. The summed E-state index contributed by atoms with van der Waals surface area (Å²) >= 11 is 0. The Balaban J connectivity index is 2.06. The van der Waals surface area contributed by atoms with E-state index >= 15 is 0 Å². The Kier molecular flexibility index (Phi) is 5.16. The smallest absolute Gasteiger partial charge is 0.326 e. The number of nitrogens with one attached hydrogen (secondary N) is 2. The summed E-state index contributed by atoms with van der Waals surface area (Å²) in [5, 5.41) is 11.9. The van der Waals surface area contributed by atoms with E-state index in [0.29, 0.717) is 5.69 Å². The third-order valence-electron chi connectivity index (χ3n) is 3.78. The van der Waals surface area contributed by atoms with Crippen LogP contribution in [-0.4, -0.2) is 33.0 Å². The maximum atomic E-state index is 12.2. The molecule has 0 fully saturated rings. The van der Waals surface area contributed by atoms with Gasteiger partial charge in [-0.15, -0.1) is 0 Å². The number of aryl methyl sites for hydroxylation is 3. The van der Waals surface area contributed by atoms with Crippen molar-refractivity contribution >= 4 is 11.9 Å². The summed E-state index contributed by atoms with van der Waals surface area (Å²) in [5.74, 6) is -1.37. The van der Waals surface area contributed by atoms with Crippen LogP contribution in [0.1, 0.15) is 27.9 Å². The van der Waals surface area contributed by atoms with E-state index in [-0.39, 0.29) is 18.7 Å². The number of amides is 1. The molecule has 2 rings (SSSR count). The molecule has 1 aromatic carbocycles. The maximum absolute atomic E-state index is 12.2. The van der Waals surface area contributed by atoms with E-state index in [0.717, 1.165) is 22.3 Å². The first kappa shape index (κ1) is 16.7. The number of hydrogen-bond donors (Lipinski definition) is 3. The van der Waals surface area contributed by atoms with Gasteiger partial charge >= 0.3 is 5.97 Å². The van der Waals surface area contributed by atoms with E-state index in [1.54, 1.807) is 6.20 Å². The number of rotatable bonds is 6. The molecule has 1 aromatic heterocycles. The highest BCUT2D eigenvalue weighted by Gasteiger charge is 2.22. The van der Waals surface area contributed by atoms with Gasteiger partial charge in [0.05, 0.1) is 18.4 Å². The van der Waals surface area contributed by atoms with Gasteiger partial charge in [0.1, 0.15) is 6.04 Å². The summed E-state index contributed by atoms with van der Waals surface area (Å²) in [4.78, 5) is 30.4. The largest absolute Gasteiger partial charge is 0.480 e. The minimum atomic E-state index is -1.07. The number of benzene rings is 1. The van der Waals surface area contributed by atoms with Crippen molar-refractivity contribution in [1.29, 1.82) is 0 Å². The fourth-order valence-electron chi connectivity index (χ4n) is 2.71. The third kappa shape index (κ3) is 4.42. The lowest BCUT2D eigenvalue weighted by Crippen LogP contribution is -2.43. The number of nitrogens with zero attached hydrogens (tertiary/aromatic N) is 1. The van der Waals surface area contributed by atoms with E-state index in [1.807, 2.05) is 32.9 Å². The highest BCUT2D eigenvalue weighted by molar-refractivity contribution is 5.85. The Hall–Kier alpha value is -2.63. The highest BCUT2D eigenvalue weighted by Crippen LogP contribution is 2.17. The molecule has 0 saturated heterocycles. The van der Waals surface area contributed by atoms with E-state index < -0.39 is 12.0 Å². The second-order valence-electron chi connectivity index (χ2n) is 5.78. The zero-order chi connectivity index (χ0) is 17.0. The van der Waals surface area contributed by atoms with Gasteiger partial charge in [0.25, 0.3) is 0 Å². The van der Waals surface area contributed by atoms with Crippen LogP contribution in [0.25, 0.3) is 0 Å². The number of carbonyl (C=O) groups is 2. The van der Waals surface area contributed by atoms with Gasteiger partial charge in [-0.25, -0.2) is 9.78 Å². The van der Waals surface area contributed by atoms with Crippen LogP contribution in [0.5, 0.6) is 0 Å². The lowest BCUT2D eigenvalue weighted by atomic mass is 9.97. The maximum Gasteiger partial charge on any atom is 0.326 e. The lowest BCUT2D eigenvalue weighted by molar-refractivity contribution is -0.141. The van der Waals surface area contributed by atoms with Crippen LogP contribution < -0.4 is 5.32 Å². The van der Waals surface area contributed by atoms with Gasteiger partial charge in [-0.05, 0) is 37.5 Å². The quantitative estimate of drug-likeness (QED) is 0.756. The number of imidazole rings is 1. The molecule has 2 aromatic rings. The second kappa shape index (κ2) is 7.09. The van der Waals surface area contributed by atoms with Crippen LogP contribution in [-0.2, 0) is 22.4 Å². The SMILES string of the molecule is Cc1cc(C)c(CC(=O)N[C@@H](Cc2c[nH]cn2)C(=O)O)c(C)c1. The molecule has 1 amide bonds. The molecular weight excluding hydrogens is 294 g/mol. The van der Waals surface area contributed by atoms with Crippen molar-refractivity contribution in [2.75, 3.05) is 0 Å². The summed E-state index contributed by atoms with van der Waals surface area (Å²) in [5.41, 5.74) is 4.76. The topological polar surface area (TPSA) is 95.1 Å². The zero-order valence-electron chi connectivity index (χ0n) is 13.5. The van der Waals surface area contributed by atoms with E-state index in [4.69, 9.17) is 0 Å². The molecule has 0 saturated carbocycles. The first-order chi connectivity index (χ1) is 10.9. The third-order valence-corrected chi connectivity index (χ3v) is 3.78. The normalized spacial score (nSPS) is 12.0. The van der Waals surface area contributed by atoms with Crippen molar-refractivity contribution in [3.05, 3.63) is 52.6 Å². The van der Waals surface area contributed by atoms with Crippen LogP contribution >= 0.6 is 0 Å². The molecule has 0 spiro atoms. The molecule has 6 heteroatoms. The number of aliphatic carboxylic acids is 1. The minimum Gasteiger partial charge on any atom is -0.480 e. The Bertz CT molecular complexity index is 685. The number of carboxylic acids is 1. The molecule has 0 radical (unpaired) electrons. The predicted octanol–water partition coefficient (Wildman–Crippen LogP) is 1.69. The van der Waals surface area contributed by atoms with Crippen LogP contribution in [0.4, 0.5) is 0 Å². The van der Waals surface area contributed by atoms with Crippen molar-refractivity contribution in [2.45, 2.75) is 39.7 Å². The molecule has 6 nitrogen and oxygen atoms in total. The van der Waals surface area contributed by atoms with Gasteiger partial charge in [0.2, 0.25) is 5.91 Å². The number of aromatic nitrogens is 2. The molecule has 0 aliphatic carbocycles. The fourth-order valence-corrected chi connectivity index (χ4v) is 2.71. The van der Waals surface area contributed by atoms with Crippen molar-refractivity contribution in [3.8, 4) is 0 Å². The van der Waals surface area contributed by atoms with E-state index in [9.17, 15) is 14.7 Å². The fraction of sp³-hybridized carbons (Fsp3) is 0.353. The minimum absolute atomic E-state index is 0.149. The van der Waals surface area contributed by atoms with Crippen molar-refractivity contribution in [1.82, 2.24) is 15.3 Å². The average Bonchev–Trinajstić information content (AvgIpc) is 2.95. The molecule has 122 valence electrons. The first-order valence-corrected chi connectivity index (χ1v) is 7.43. The summed E-state index contributed by atoms with van der Waals surface area (Å²) in [6.45, 7) is 5.93. The van der Waals surface area contributed by atoms with E-state index in [1.165, 1.54) is 6.33 Å². The first-order valence-electron chi connectivity index (χ1n) is 7.43. The van der Waals surface area contributed by atoms with Gasteiger partial charge in [-0.2, -0.15) is 0 Å². The molecule has 23 heavy (non-hydrogen) atoms. The summed E-state index contributed by atoms with van der Waals surface area (Å²) in [6, 6.07) is 3.05. The van der Waals surface area contributed by atoms with Gasteiger partial charge in [0.15, 0.2) is 0 Å². The zero-order valence-corrected chi connectivity index (χ0v) is 13.5. The number of carbonyl (C=O) groups excluding carboxylic acids is 1. The van der Waals surface area contributed by atoms with Gasteiger partial charge in [0, 0.05) is 12.6 Å². The standard InChI is InChI=1S/C17H21N3O3/c1-10-4-11(2)14(12(3)5-10)7-16(21)20-15(17(22)23)6-13-8-18-9-19-13/h4-5,8-9,15H,6-7H2,1-3H3,(H,18,19)(H,20,21)(H,22,23)/t15-/m0/s1. The molecule has 0 bridgehead atoms. The van der Waals surface area contributed by atoms with Crippen LogP contribution in [0.3, 0.4) is 0 Å². The van der Waals surface area contributed by atoms with Gasteiger partial charge < -0.3 is 15.4 Å². The van der Waals surface area contributed by atoms with Crippen LogP contribution in [0.15, 0.2) is 24.7 Å². The van der Waals surface area contributed by atoms with E-state index in [2.05, 4.69) is 15.3 Å². The average molecular weight is 315 g/mol. The molecular formula is C17H21N3O3. The van der Waals surface area contributed by atoms with Crippen molar-refractivity contribution in [3.63, 3.8) is 0 Å². The Morgan fingerprint density at radius 2 is 1.91 bits per heavy atom. The molecule has 3 N–H and O–H groups in total. The van der Waals surface area contributed by atoms with Crippen LogP contribution in [0.2, 0.25) is 0 Å². The van der Waals surface area contributed by atoms with Crippen molar-refractivity contribution in [2.24, 2.45) is 0 Å². The number of H-pyrrole nitrogens is 1. The Morgan fingerprint density at radius 3 is 2.43 bits per heavy atom. The monoisotopic (exact) mass is 315 g/mol. The Labute approximate surface area is 135 Å². The van der Waals surface area contributed by atoms with Crippen molar-refractivity contribution < 1.29 is 14.7 Å². The summed E-state index contributed by atoms with van der Waals surface area (Å²) < 4.78 is 0. The summed E-state index contributed by atoms with van der Waals surface area (Å²) in [7, 11) is 0. The van der Waals surface area contributed by atoms with Crippen LogP contribution in [0, 0.1) is 20.8 Å². The molecule has 1 heterocycles. The number of carboxylic acid groups (broad SMARTS) is 1. The summed E-state index contributed by atoms with van der Waals surface area (Å²) in [6.07, 6.45) is 3.42. The number of hydrogen-bond acceptors (Lipinski definition) is 3. The Morgan fingerprint density at radius 1 is 1.26 bits per heavy atom. The molecule has 0 aliphatic heterocycles.